The van der Waals surface area contributed by atoms with Gasteiger partial charge in [0.1, 0.15) is 105 Å². The van der Waals surface area contributed by atoms with Crippen molar-refractivity contribution in [3.05, 3.63) is 0 Å². The number of hydrogen-bond acceptors (Lipinski definition) is 33. The van der Waals surface area contributed by atoms with Gasteiger partial charge in [-0.25, -0.2) is 9.59 Å². The van der Waals surface area contributed by atoms with Crippen LogP contribution in [0.2, 0.25) is 0 Å². The minimum absolute atomic E-state index is 0.0481. The average Bonchev–Trinajstić information content (AvgIpc) is 0.720. The summed E-state index contributed by atoms with van der Waals surface area (Å²) in [6.07, 6.45) is -16.8. The Labute approximate surface area is 689 Å². The van der Waals surface area contributed by atoms with Gasteiger partial charge in [0, 0.05) is 39.5 Å². The average molecular weight is 1710 g/mol. The molecule has 39 heteroatoms. The minimum Gasteiger partial charge on any atom is -0.477 e. The molecule has 0 aromatic carbocycles. The number of aliphatic carboxylic acids is 2. The largest absolute Gasteiger partial charge is 0.477 e. The van der Waals surface area contributed by atoms with Crippen LogP contribution < -0.4 is 21.3 Å². The molecule has 118 heavy (non-hydrogen) atoms. The van der Waals surface area contributed by atoms with Gasteiger partial charge in [-0.05, 0) is 18.8 Å². The molecule has 19 unspecified atom stereocenters. The summed E-state index contributed by atoms with van der Waals surface area (Å²) < 4.78 is 47.0. The Balaban J connectivity index is 1.57. The molecule has 4 heterocycles. The van der Waals surface area contributed by atoms with Crippen molar-refractivity contribution in [1.82, 2.24) is 21.3 Å². The van der Waals surface area contributed by atoms with Crippen molar-refractivity contribution in [2.24, 2.45) is 5.92 Å². The highest BCUT2D eigenvalue weighted by atomic mass is 16.8. The van der Waals surface area contributed by atoms with Crippen LogP contribution in [0.15, 0.2) is 0 Å². The van der Waals surface area contributed by atoms with Crippen LogP contribution in [-0.4, -0.2) is 347 Å². The van der Waals surface area contributed by atoms with Gasteiger partial charge in [-0.2, -0.15) is 0 Å². The molecule has 0 aliphatic carbocycles. The van der Waals surface area contributed by atoms with Gasteiger partial charge in [0.2, 0.25) is 29.4 Å². The number of aliphatic hydroxyl groups excluding tert-OH is 18. The molecule has 27 atom stereocenters. The van der Waals surface area contributed by atoms with Gasteiger partial charge in [-0.1, -0.05) is 194 Å². The highest BCUT2D eigenvalue weighted by Gasteiger charge is 2.66. The summed E-state index contributed by atoms with van der Waals surface area (Å²) >= 11 is 0. The summed E-state index contributed by atoms with van der Waals surface area (Å²) in [6.45, 7) is -0.386. The Bertz CT molecular complexity index is 2920. The summed E-state index contributed by atoms with van der Waals surface area (Å²) in [7, 11) is 0. The van der Waals surface area contributed by atoms with E-state index >= 15 is 0 Å². The van der Waals surface area contributed by atoms with Gasteiger partial charge in [0.15, 0.2) is 17.8 Å². The monoisotopic (exact) mass is 1710 g/mol. The number of rotatable bonds is 61. The van der Waals surface area contributed by atoms with E-state index in [1.54, 1.807) is 0 Å². The Kier molecular flexibility index (Phi) is 48.0. The van der Waals surface area contributed by atoms with Crippen molar-refractivity contribution in [3.8, 4) is 0 Å². The van der Waals surface area contributed by atoms with Gasteiger partial charge in [-0.15, -0.1) is 0 Å². The highest BCUT2D eigenvalue weighted by molar-refractivity contribution is 5.85. The molecule has 4 saturated heterocycles. The van der Waals surface area contributed by atoms with E-state index in [9.17, 15) is 136 Å². The van der Waals surface area contributed by atoms with Crippen molar-refractivity contribution < 1.29 is 174 Å². The number of aliphatic hydroxyl groups is 18. The first-order chi connectivity index (χ1) is 55.9. The van der Waals surface area contributed by atoms with E-state index in [2.05, 4.69) is 42.0 Å². The summed E-state index contributed by atoms with van der Waals surface area (Å²) in [6, 6.07) is -5.48. The molecule has 688 valence electrons. The Hall–Kier alpha value is -4.55. The summed E-state index contributed by atoms with van der Waals surface area (Å²) in [5.41, 5.74) is -2.98. The molecule has 39 nitrogen and oxygen atoms in total. The lowest BCUT2D eigenvalue weighted by molar-refractivity contribution is -0.394. The number of carboxylic acid groups (broad SMARTS) is 2. The van der Waals surface area contributed by atoms with E-state index in [4.69, 9.17) is 37.9 Å². The summed E-state index contributed by atoms with van der Waals surface area (Å²) in [4.78, 5) is 94.3. The van der Waals surface area contributed by atoms with Gasteiger partial charge < -0.3 is 161 Å². The van der Waals surface area contributed by atoms with Gasteiger partial charge in [0.05, 0.1) is 69.5 Å². The second kappa shape index (κ2) is 53.6. The van der Waals surface area contributed by atoms with Crippen LogP contribution in [-0.2, 0) is 71.5 Å². The molecule has 4 amide bonds. The smallest absolute Gasteiger partial charge is 0.364 e. The van der Waals surface area contributed by atoms with E-state index in [-0.39, 0.29) is 12.8 Å². The minimum atomic E-state index is -3.20. The number of amides is 4. The molecule has 0 bridgehead atoms. The zero-order chi connectivity index (χ0) is 88.1. The van der Waals surface area contributed by atoms with Gasteiger partial charge in [-0.3, -0.25) is 24.0 Å². The number of Topliss-reactive ketones (excluding diaryl/α,β-unsaturated/α-hetero) is 1. The fraction of sp³-hybridized carbons (Fsp3) is 0.911. The molecule has 4 aliphatic heterocycles. The third-order valence-electron chi connectivity index (χ3n) is 22.9. The lowest BCUT2D eigenvalue weighted by Gasteiger charge is -2.55. The van der Waals surface area contributed by atoms with Crippen LogP contribution >= 0.6 is 0 Å². The van der Waals surface area contributed by atoms with Crippen molar-refractivity contribution in [3.63, 3.8) is 0 Å². The SMILES string of the molecule is CCCCCCCCCCCCCCCCCCCCC(O)C(=O)NC(CO[C@@H]1OC(CO[C@]2(C(=O)O)CC[C@](NC(C)=O)(OC3(C(C)=O)CC(O)[C@@H](NC(=O)CO[C@@]4(C(=O)O)CC(O)[C@@H](NC(=O)CO)C(C(O)C(O)CO)O4)C(C(O)C(O)CO)O3)C(C(O)C(O)CO)O2)[C@@H](O)[C@@H](O)C1O)C(O)C(O)CCCCCCCCCC(C)CC. The molecule has 4 aliphatic rings. The van der Waals surface area contributed by atoms with Crippen molar-refractivity contribution in [1.29, 1.82) is 0 Å². The van der Waals surface area contributed by atoms with E-state index in [1.165, 1.54) is 77.0 Å². The van der Waals surface area contributed by atoms with Crippen molar-refractivity contribution >= 4 is 41.4 Å². The first-order valence-corrected chi connectivity index (χ1v) is 42.3. The van der Waals surface area contributed by atoms with E-state index in [0.717, 1.165) is 90.9 Å². The predicted molar refractivity (Wildman–Crippen MR) is 414 cm³/mol. The van der Waals surface area contributed by atoms with Crippen LogP contribution in [0.5, 0.6) is 0 Å². The molecular weight excluding hydrogens is 1560 g/mol. The van der Waals surface area contributed by atoms with Crippen LogP contribution in [0.3, 0.4) is 0 Å². The zero-order valence-corrected chi connectivity index (χ0v) is 69.1. The number of nitrogens with one attached hydrogen (secondary N) is 4. The van der Waals surface area contributed by atoms with Crippen LogP contribution in [0.25, 0.3) is 0 Å². The summed E-state index contributed by atoms with van der Waals surface area (Å²) in [5.74, 6) is -19.2. The van der Waals surface area contributed by atoms with E-state index in [1.807, 2.05) is 0 Å². The van der Waals surface area contributed by atoms with Gasteiger partial charge >= 0.3 is 11.9 Å². The molecular formula is C79H142N4O35. The second-order valence-corrected chi connectivity index (χ2v) is 32.4. The quantitative estimate of drug-likeness (QED) is 0.0224. The van der Waals surface area contributed by atoms with Crippen LogP contribution in [0, 0.1) is 5.92 Å². The maximum Gasteiger partial charge on any atom is 0.364 e. The van der Waals surface area contributed by atoms with E-state index in [0.29, 0.717) is 25.2 Å². The van der Waals surface area contributed by atoms with Gasteiger partial charge in [0.25, 0.3) is 11.6 Å². The number of carbonyl (C=O) groups is 7. The first-order valence-electron chi connectivity index (χ1n) is 42.3. The summed E-state index contributed by atoms with van der Waals surface area (Å²) in [5, 5.41) is 228. The predicted octanol–water partition coefficient (Wildman–Crippen LogP) is -2.32. The molecule has 0 aromatic rings. The molecule has 0 radical (unpaired) electrons. The lowest BCUT2D eigenvalue weighted by atomic mass is 9.84. The van der Waals surface area contributed by atoms with Crippen LogP contribution in [0.4, 0.5) is 0 Å². The Morgan fingerprint density at radius 3 is 1.41 bits per heavy atom. The normalized spacial score (nSPS) is 30.3. The Morgan fingerprint density at radius 2 is 0.949 bits per heavy atom. The maximum absolute atomic E-state index is 14.3. The first kappa shape index (κ1) is 106. The topological polar surface area (TPSA) is 646 Å². The fourth-order valence-corrected chi connectivity index (χ4v) is 15.3. The molecule has 4 rings (SSSR count). The number of hydrogen-bond donors (Lipinski definition) is 24. The standard InChI is InChI=1S/C79H142N4O35/c1-6-8-9-10-11-12-13-14-15-16-17-18-19-20-21-24-28-31-34-51(91)72(106)80-49(62(99)50(90)33-30-27-25-22-23-26-29-32-46(3)7-2)43-111-73-68(105)67(104)66(103)57(114-73)44-112-77(74(107)108)36-35-76(83-48(5)89,71(117-77)65(102)56(96)41-86)118-78(47(4)88)37-52(92)61(69(115-78)63(100)54(94)39-84)82-59(98)45-113-79(75(109)110)38-53(93)60(81-58(97)42-87)70(116-79)64(101)55(95)40-85/h46,49-57,60-71,73,84-87,90-96,99-105H,6-45H2,1-5H3,(H,80,106)(H,81,97)(H,82,98)(H,83,89)(H,107,108)(H,109,110)/t46?,49?,50?,51?,52?,53?,54?,55?,56?,57?,60-,61-,62?,63?,64?,65?,66-,67-,68?,69?,70?,71?,73-,76+,77-,78?,79+/m1/s1. The molecule has 0 aromatic heterocycles. The molecule has 4 fully saturated rings. The third kappa shape index (κ3) is 32.2. The second-order valence-electron chi connectivity index (χ2n) is 32.4. The Morgan fingerprint density at radius 1 is 0.500 bits per heavy atom. The molecule has 0 spiro atoms. The number of carboxylic acids is 2. The van der Waals surface area contributed by atoms with Crippen molar-refractivity contribution in [2.75, 3.05) is 46.2 Å². The number of ketones is 1. The number of carbonyl (C=O) groups excluding carboxylic acids is 5. The lowest BCUT2D eigenvalue weighted by Crippen LogP contribution is -2.75. The van der Waals surface area contributed by atoms with Crippen LogP contribution in [0.1, 0.15) is 247 Å². The highest BCUT2D eigenvalue weighted by Crippen LogP contribution is 2.46. The number of ether oxygens (including phenoxy) is 8. The maximum atomic E-state index is 14.3. The van der Waals surface area contributed by atoms with Crippen molar-refractivity contribution in [2.45, 2.75) is 404 Å². The number of unbranched alkanes of at least 4 members (excludes halogenated alkanes) is 23. The zero-order valence-electron chi connectivity index (χ0n) is 69.1. The fourth-order valence-electron chi connectivity index (χ4n) is 15.3. The molecule has 0 saturated carbocycles. The van der Waals surface area contributed by atoms with E-state index < -0.39 is 271 Å². The molecule has 24 N–H and O–H groups in total. The third-order valence-corrected chi connectivity index (χ3v) is 22.9.